The summed E-state index contributed by atoms with van der Waals surface area (Å²) < 4.78 is 7.17. The van der Waals surface area contributed by atoms with E-state index in [1.165, 1.54) is 17.3 Å². The number of carbonyl (C=O) groups excluding carboxylic acids is 1. The Bertz CT molecular complexity index is 550. The fourth-order valence-electron chi connectivity index (χ4n) is 1.51. The van der Waals surface area contributed by atoms with Gasteiger partial charge in [-0.15, -0.1) is 0 Å². The predicted molar refractivity (Wildman–Crippen MR) is 71.2 cm³/mol. The summed E-state index contributed by atoms with van der Waals surface area (Å²) in [5.41, 5.74) is -0.945. The Labute approximate surface area is 116 Å². The lowest BCUT2D eigenvalue weighted by Crippen LogP contribution is -2.40. The van der Waals surface area contributed by atoms with Gasteiger partial charge in [0.2, 0.25) is 0 Å². The van der Waals surface area contributed by atoms with Crippen LogP contribution in [-0.2, 0) is 11.3 Å². The summed E-state index contributed by atoms with van der Waals surface area (Å²) in [6.45, 7) is 3.57. The highest BCUT2D eigenvalue weighted by Gasteiger charge is 2.30. The van der Waals surface area contributed by atoms with E-state index in [4.69, 9.17) is 16.3 Å². The molecule has 100 valence electrons. The maximum atomic E-state index is 12.2. The monoisotopic (exact) mass is 279 g/mol. The van der Waals surface area contributed by atoms with Crippen molar-refractivity contribution >= 4 is 17.4 Å². The van der Waals surface area contributed by atoms with Crippen LogP contribution in [0.5, 0.6) is 5.75 Å². The van der Waals surface area contributed by atoms with Crippen molar-refractivity contribution in [3.63, 3.8) is 0 Å². The molecule has 0 atom stereocenters. The van der Waals surface area contributed by atoms with Crippen LogP contribution in [0.25, 0.3) is 0 Å². The first-order valence-electron chi connectivity index (χ1n) is 5.78. The molecule has 0 saturated heterocycles. The van der Waals surface area contributed by atoms with Crippen LogP contribution in [0.3, 0.4) is 0 Å². The minimum atomic E-state index is -0.945. The van der Waals surface area contributed by atoms with Crippen LogP contribution < -0.4 is 4.74 Å². The summed E-state index contributed by atoms with van der Waals surface area (Å²) >= 11 is 5.80. The highest BCUT2D eigenvalue weighted by Crippen LogP contribution is 2.21. The molecule has 19 heavy (non-hydrogen) atoms. The van der Waals surface area contributed by atoms with E-state index in [1.807, 2.05) is 0 Å². The largest absolute Gasteiger partial charge is 0.480 e. The molecule has 0 aliphatic carbocycles. The van der Waals surface area contributed by atoms with Crippen molar-refractivity contribution in [1.29, 1.82) is 0 Å². The van der Waals surface area contributed by atoms with Crippen molar-refractivity contribution in [2.45, 2.75) is 26.0 Å². The molecule has 5 nitrogen and oxygen atoms in total. The standard InChI is InChI=1S/C13H14ClN3O2/c1-13(2,12(18)7-17-9-15-8-16-17)19-11-5-3-10(14)4-6-11/h3-6,8-9H,7H2,1-2H3. The third kappa shape index (κ3) is 3.54. The third-order valence-electron chi connectivity index (χ3n) is 2.63. The van der Waals surface area contributed by atoms with Gasteiger partial charge in [-0.1, -0.05) is 11.6 Å². The Kier molecular flexibility index (Phi) is 3.85. The fraction of sp³-hybridized carbons (Fsp3) is 0.308. The molecule has 0 radical (unpaired) electrons. The molecule has 6 heteroatoms. The smallest absolute Gasteiger partial charge is 0.197 e. The Morgan fingerprint density at radius 3 is 2.63 bits per heavy atom. The topological polar surface area (TPSA) is 57.0 Å². The van der Waals surface area contributed by atoms with Crippen LogP contribution in [-0.4, -0.2) is 26.1 Å². The maximum absolute atomic E-state index is 12.2. The van der Waals surface area contributed by atoms with Gasteiger partial charge in [-0.25, -0.2) is 9.67 Å². The SMILES string of the molecule is CC(C)(Oc1ccc(Cl)cc1)C(=O)Cn1cncn1. The number of hydrogen-bond donors (Lipinski definition) is 0. The lowest BCUT2D eigenvalue weighted by molar-refractivity contribution is -0.132. The maximum Gasteiger partial charge on any atom is 0.197 e. The van der Waals surface area contributed by atoms with Crippen LogP contribution in [0.2, 0.25) is 5.02 Å². The molecule has 0 aliphatic rings. The number of Topliss-reactive ketones (excluding diaryl/α,β-unsaturated/α-hetero) is 1. The molecular weight excluding hydrogens is 266 g/mol. The number of ketones is 1. The minimum absolute atomic E-state index is 0.0899. The van der Waals surface area contributed by atoms with E-state index >= 15 is 0 Å². The second-order valence-electron chi connectivity index (χ2n) is 4.58. The van der Waals surface area contributed by atoms with E-state index in [-0.39, 0.29) is 12.3 Å². The fourth-order valence-corrected chi connectivity index (χ4v) is 1.63. The third-order valence-corrected chi connectivity index (χ3v) is 2.88. The van der Waals surface area contributed by atoms with Crippen molar-refractivity contribution in [2.24, 2.45) is 0 Å². The molecule has 0 saturated carbocycles. The van der Waals surface area contributed by atoms with Crippen molar-refractivity contribution in [1.82, 2.24) is 14.8 Å². The molecule has 1 heterocycles. The van der Waals surface area contributed by atoms with Crippen LogP contribution in [0.15, 0.2) is 36.9 Å². The molecule has 0 amide bonds. The van der Waals surface area contributed by atoms with Gasteiger partial charge in [0.1, 0.15) is 24.9 Å². The summed E-state index contributed by atoms with van der Waals surface area (Å²) in [5.74, 6) is 0.509. The number of nitrogens with zero attached hydrogens (tertiary/aromatic N) is 3. The zero-order valence-electron chi connectivity index (χ0n) is 10.7. The summed E-state index contributed by atoms with van der Waals surface area (Å²) in [4.78, 5) is 16.0. The van der Waals surface area contributed by atoms with E-state index in [2.05, 4.69) is 10.1 Å². The number of hydrogen-bond acceptors (Lipinski definition) is 4. The average molecular weight is 280 g/mol. The molecule has 1 aromatic heterocycles. The highest BCUT2D eigenvalue weighted by atomic mass is 35.5. The lowest BCUT2D eigenvalue weighted by atomic mass is 10.0. The van der Waals surface area contributed by atoms with Gasteiger partial charge in [0.05, 0.1) is 0 Å². The molecular formula is C13H14ClN3O2. The quantitative estimate of drug-likeness (QED) is 0.843. The Morgan fingerprint density at radius 1 is 1.37 bits per heavy atom. The average Bonchev–Trinajstić information content (AvgIpc) is 2.84. The second kappa shape index (κ2) is 5.40. The van der Waals surface area contributed by atoms with Crippen LogP contribution in [0.1, 0.15) is 13.8 Å². The van der Waals surface area contributed by atoms with Crippen molar-refractivity contribution < 1.29 is 9.53 Å². The summed E-state index contributed by atoms with van der Waals surface area (Å²) in [7, 11) is 0. The van der Waals surface area contributed by atoms with E-state index in [0.717, 1.165) is 0 Å². The second-order valence-corrected chi connectivity index (χ2v) is 5.02. The van der Waals surface area contributed by atoms with Crippen molar-refractivity contribution in [3.05, 3.63) is 41.9 Å². The number of halogens is 1. The van der Waals surface area contributed by atoms with Gasteiger partial charge in [0, 0.05) is 5.02 Å². The first-order chi connectivity index (χ1) is 8.97. The van der Waals surface area contributed by atoms with Gasteiger partial charge in [-0.3, -0.25) is 4.79 Å². The molecule has 2 aromatic rings. The molecule has 0 bridgehead atoms. The van der Waals surface area contributed by atoms with Gasteiger partial charge >= 0.3 is 0 Å². The minimum Gasteiger partial charge on any atom is -0.480 e. The van der Waals surface area contributed by atoms with E-state index in [1.54, 1.807) is 38.1 Å². The zero-order valence-corrected chi connectivity index (χ0v) is 11.5. The molecule has 2 rings (SSSR count). The summed E-state index contributed by atoms with van der Waals surface area (Å²) in [6.07, 6.45) is 2.89. The van der Waals surface area contributed by atoms with E-state index < -0.39 is 5.60 Å². The number of rotatable bonds is 5. The lowest BCUT2D eigenvalue weighted by Gasteiger charge is -2.24. The van der Waals surface area contributed by atoms with Crippen LogP contribution >= 0.6 is 11.6 Å². The van der Waals surface area contributed by atoms with Gasteiger partial charge in [0.15, 0.2) is 11.4 Å². The van der Waals surface area contributed by atoms with Crippen LogP contribution in [0.4, 0.5) is 0 Å². The van der Waals surface area contributed by atoms with E-state index in [9.17, 15) is 4.79 Å². The van der Waals surface area contributed by atoms with Gasteiger partial charge < -0.3 is 4.74 Å². The Balaban J connectivity index is 2.04. The van der Waals surface area contributed by atoms with Crippen molar-refractivity contribution in [3.8, 4) is 5.75 Å². The molecule has 0 aliphatic heterocycles. The molecule has 0 N–H and O–H groups in total. The first-order valence-corrected chi connectivity index (χ1v) is 6.15. The Hall–Kier alpha value is -1.88. The molecule has 0 spiro atoms. The molecule has 0 unspecified atom stereocenters. The van der Waals surface area contributed by atoms with Crippen LogP contribution in [0, 0.1) is 0 Å². The normalized spacial score (nSPS) is 11.3. The van der Waals surface area contributed by atoms with Gasteiger partial charge in [0.25, 0.3) is 0 Å². The number of aromatic nitrogens is 3. The van der Waals surface area contributed by atoms with E-state index in [0.29, 0.717) is 10.8 Å². The van der Waals surface area contributed by atoms with Gasteiger partial charge in [-0.2, -0.15) is 5.10 Å². The van der Waals surface area contributed by atoms with Crippen molar-refractivity contribution in [2.75, 3.05) is 0 Å². The summed E-state index contributed by atoms with van der Waals surface area (Å²) in [6, 6.07) is 6.89. The highest BCUT2D eigenvalue weighted by molar-refractivity contribution is 6.30. The predicted octanol–water partition coefficient (Wildman–Crippen LogP) is 2.36. The van der Waals surface area contributed by atoms with Gasteiger partial charge in [-0.05, 0) is 38.1 Å². The number of ether oxygens (including phenoxy) is 1. The first kappa shape index (κ1) is 13.5. The Morgan fingerprint density at radius 2 is 2.05 bits per heavy atom. The molecule has 0 fully saturated rings. The zero-order chi connectivity index (χ0) is 13.9. The number of carbonyl (C=O) groups is 1. The number of benzene rings is 1. The summed E-state index contributed by atoms with van der Waals surface area (Å²) in [5, 5.41) is 4.52. The molecule has 1 aromatic carbocycles.